The van der Waals surface area contributed by atoms with Crippen LogP contribution in [-0.2, 0) is 13.2 Å². The van der Waals surface area contributed by atoms with Gasteiger partial charge in [0.05, 0.1) is 11.3 Å². The molecule has 0 aliphatic rings. The fourth-order valence-corrected chi connectivity index (χ4v) is 2.89. The van der Waals surface area contributed by atoms with Gasteiger partial charge in [-0.15, -0.1) is 0 Å². The molecule has 4 aromatic rings. The fraction of sp³-hybridized carbons (Fsp3) is 0.0909. The molecule has 0 spiro atoms. The van der Waals surface area contributed by atoms with Crippen molar-refractivity contribution in [1.82, 2.24) is 14.5 Å². The molecule has 0 fully saturated rings. The Morgan fingerprint density at radius 3 is 2.50 bits per heavy atom. The van der Waals surface area contributed by atoms with Crippen LogP contribution in [0.3, 0.4) is 0 Å². The highest BCUT2D eigenvalue weighted by atomic mass is 16.6. The molecule has 4 rings (SSSR count). The number of hydrogen-bond acceptors (Lipinski definition) is 6. The van der Waals surface area contributed by atoms with Crippen LogP contribution in [0.4, 0.5) is 11.5 Å². The zero-order valence-corrected chi connectivity index (χ0v) is 16.0. The first kappa shape index (κ1) is 19.1. The van der Waals surface area contributed by atoms with Crippen molar-refractivity contribution in [3.05, 3.63) is 107 Å². The zero-order chi connectivity index (χ0) is 20.8. The van der Waals surface area contributed by atoms with Gasteiger partial charge >= 0.3 is 5.69 Å². The zero-order valence-electron chi connectivity index (χ0n) is 16.0. The minimum Gasteiger partial charge on any atom is -0.468 e. The van der Waals surface area contributed by atoms with Crippen LogP contribution in [0.1, 0.15) is 11.1 Å². The first-order valence-corrected chi connectivity index (χ1v) is 9.32. The second kappa shape index (κ2) is 8.87. The summed E-state index contributed by atoms with van der Waals surface area (Å²) < 4.78 is 7.55. The standard InChI is InChI=1S/C22H19N5O3/c28-27(29)20-10-11-21(25-22(20)30-15-18-4-2-1-3-5-18)24-14-17-6-8-19(9-7-17)26-13-12-23-16-26/h1-13,16H,14-15H2,(H,24,25). The number of anilines is 1. The average Bonchev–Trinajstić information content (AvgIpc) is 3.32. The summed E-state index contributed by atoms with van der Waals surface area (Å²) in [5.74, 6) is 0.492. The van der Waals surface area contributed by atoms with Gasteiger partial charge < -0.3 is 14.6 Å². The minimum atomic E-state index is -0.494. The summed E-state index contributed by atoms with van der Waals surface area (Å²) in [6.07, 6.45) is 5.35. The van der Waals surface area contributed by atoms with Crippen molar-refractivity contribution in [3.8, 4) is 11.6 Å². The Kier molecular flexibility index (Phi) is 5.66. The van der Waals surface area contributed by atoms with Gasteiger partial charge in [-0.3, -0.25) is 10.1 Å². The molecule has 8 nitrogen and oxygen atoms in total. The molecule has 0 atom stereocenters. The van der Waals surface area contributed by atoms with Crippen molar-refractivity contribution in [2.75, 3.05) is 5.32 Å². The molecule has 2 heterocycles. The summed E-state index contributed by atoms with van der Waals surface area (Å²) >= 11 is 0. The van der Waals surface area contributed by atoms with Crippen LogP contribution in [0.5, 0.6) is 5.88 Å². The Morgan fingerprint density at radius 1 is 1.00 bits per heavy atom. The maximum atomic E-state index is 11.3. The number of nitrogens with zero attached hydrogens (tertiary/aromatic N) is 4. The largest absolute Gasteiger partial charge is 0.468 e. The van der Waals surface area contributed by atoms with E-state index in [4.69, 9.17) is 4.74 Å². The van der Waals surface area contributed by atoms with Gasteiger partial charge in [0.25, 0.3) is 5.88 Å². The summed E-state index contributed by atoms with van der Waals surface area (Å²) in [4.78, 5) is 19.2. The fourth-order valence-electron chi connectivity index (χ4n) is 2.89. The summed E-state index contributed by atoms with van der Waals surface area (Å²) in [7, 11) is 0. The van der Waals surface area contributed by atoms with Crippen LogP contribution in [-0.4, -0.2) is 19.5 Å². The van der Waals surface area contributed by atoms with Crippen molar-refractivity contribution in [3.63, 3.8) is 0 Å². The number of imidazole rings is 1. The maximum Gasteiger partial charge on any atom is 0.331 e. The molecule has 0 amide bonds. The van der Waals surface area contributed by atoms with Crippen molar-refractivity contribution < 1.29 is 9.66 Å². The highest BCUT2D eigenvalue weighted by molar-refractivity contribution is 5.49. The number of aromatic nitrogens is 3. The molecule has 150 valence electrons. The maximum absolute atomic E-state index is 11.3. The molecule has 1 N–H and O–H groups in total. The lowest BCUT2D eigenvalue weighted by molar-refractivity contribution is -0.386. The van der Waals surface area contributed by atoms with E-state index < -0.39 is 4.92 Å². The number of ether oxygens (including phenoxy) is 1. The van der Waals surface area contributed by atoms with Crippen molar-refractivity contribution >= 4 is 11.5 Å². The van der Waals surface area contributed by atoms with E-state index in [1.54, 1.807) is 18.6 Å². The van der Waals surface area contributed by atoms with Crippen LogP contribution in [0.15, 0.2) is 85.5 Å². The molecule has 2 aromatic carbocycles. The Morgan fingerprint density at radius 2 is 1.80 bits per heavy atom. The first-order chi connectivity index (χ1) is 14.7. The predicted molar refractivity (Wildman–Crippen MR) is 113 cm³/mol. The van der Waals surface area contributed by atoms with E-state index >= 15 is 0 Å². The summed E-state index contributed by atoms with van der Waals surface area (Å²) in [6.45, 7) is 0.723. The van der Waals surface area contributed by atoms with Crippen LogP contribution in [0.25, 0.3) is 5.69 Å². The Balaban J connectivity index is 1.44. The third kappa shape index (κ3) is 4.61. The highest BCUT2D eigenvalue weighted by Gasteiger charge is 2.18. The Bertz CT molecular complexity index is 1110. The molecule has 0 saturated heterocycles. The monoisotopic (exact) mass is 401 g/mol. The molecule has 0 bridgehead atoms. The van der Waals surface area contributed by atoms with Gasteiger partial charge in [0.15, 0.2) is 0 Å². The number of pyridine rings is 1. The normalized spacial score (nSPS) is 10.5. The lowest BCUT2D eigenvalue weighted by Gasteiger charge is -2.10. The Hall–Kier alpha value is -4.20. The van der Waals surface area contributed by atoms with Gasteiger partial charge in [-0.25, -0.2) is 4.98 Å². The third-order valence-electron chi connectivity index (χ3n) is 4.47. The van der Waals surface area contributed by atoms with E-state index in [1.165, 1.54) is 6.07 Å². The topological polar surface area (TPSA) is 95.1 Å². The molecule has 0 aliphatic heterocycles. The van der Waals surface area contributed by atoms with E-state index in [0.29, 0.717) is 12.4 Å². The molecule has 30 heavy (non-hydrogen) atoms. The Labute approximate surface area is 173 Å². The van der Waals surface area contributed by atoms with Gasteiger partial charge in [-0.1, -0.05) is 42.5 Å². The first-order valence-electron chi connectivity index (χ1n) is 9.32. The summed E-state index contributed by atoms with van der Waals surface area (Å²) in [5, 5.41) is 14.5. The van der Waals surface area contributed by atoms with E-state index in [1.807, 2.05) is 65.4 Å². The van der Waals surface area contributed by atoms with Crippen LogP contribution in [0, 0.1) is 10.1 Å². The molecule has 0 aliphatic carbocycles. The number of nitrogens with one attached hydrogen (secondary N) is 1. The van der Waals surface area contributed by atoms with Gasteiger partial charge in [0.2, 0.25) is 0 Å². The van der Waals surface area contributed by atoms with E-state index in [2.05, 4.69) is 15.3 Å². The number of rotatable bonds is 8. The number of hydrogen-bond donors (Lipinski definition) is 1. The van der Waals surface area contributed by atoms with Crippen molar-refractivity contribution in [2.45, 2.75) is 13.2 Å². The molecular weight excluding hydrogens is 382 g/mol. The number of benzene rings is 2. The molecule has 8 heteroatoms. The highest BCUT2D eigenvalue weighted by Crippen LogP contribution is 2.27. The SMILES string of the molecule is O=[N+]([O-])c1ccc(NCc2ccc(-n3ccnc3)cc2)nc1OCc1ccccc1. The quantitative estimate of drug-likeness (QED) is 0.348. The molecule has 2 aromatic heterocycles. The summed E-state index contributed by atoms with van der Waals surface area (Å²) in [6, 6.07) is 20.4. The van der Waals surface area contributed by atoms with Gasteiger partial charge in [0, 0.05) is 30.7 Å². The van der Waals surface area contributed by atoms with Crippen molar-refractivity contribution in [2.24, 2.45) is 0 Å². The summed E-state index contributed by atoms with van der Waals surface area (Å²) in [5.41, 5.74) is 2.80. The second-order valence-electron chi connectivity index (χ2n) is 6.54. The molecule has 0 radical (unpaired) electrons. The molecule has 0 unspecified atom stereocenters. The number of nitro groups is 1. The van der Waals surface area contributed by atoms with Crippen LogP contribution < -0.4 is 10.1 Å². The second-order valence-corrected chi connectivity index (χ2v) is 6.54. The lowest BCUT2D eigenvalue weighted by atomic mass is 10.2. The van der Waals surface area contributed by atoms with Crippen LogP contribution in [0.2, 0.25) is 0 Å². The predicted octanol–water partition coefficient (Wildman–Crippen LogP) is 4.37. The average molecular weight is 401 g/mol. The van der Waals surface area contributed by atoms with E-state index in [0.717, 1.165) is 16.8 Å². The van der Waals surface area contributed by atoms with Gasteiger partial charge in [-0.05, 0) is 29.3 Å². The van der Waals surface area contributed by atoms with E-state index in [9.17, 15) is 10.1 Å². The minimum absolute atomic E-state index is 0.00990. The van der Waals surface area contributed by atoms with Crippen LogP contribution >= 0.6 is 0 Å². The third-order valence-corrected chi connectivity index (χ3v) is 4.47. The molecule has 0 saturated carbocycles. The van der Waals surface area contributed by atoms with E-state index in [-0.39, 0.29) is 18.2 Å². The van der Waals surface area contributed by atoms with Gasteiger partial charge in [0.1, 0.15) is 12.4 Å². The smallest absolute Gasteiger partial charge is 0.331 e. The molecular formula is C22H19N5O3. The lowest BCUT2D eigenvalue weighted by Crippen LogP contribution is -2.05. The van der Waals surface area contributed by atoms with Gasteiger partial charge in [-0.2, -0.15) is 4.98 Å². The van der Waals surface area contributed by atoms with Crippen molar-refractivity contribution in [1.29, 1.82) is 0 Å².